The molecule has 1 N–H and O–H groups in total. The van der Waals surface area contributed by atoms with Gasteiger partial charge >= 0.3 is 5.97 Å². The van der Waals surface area contributed by atoms with E-state index in [9.17, 15) is 14.7 Å². The summed E-state index contributed by atoms with van der Waals surface area (Å²) in [6.45, 7) is 4.61. The maximum atomic E-state index is 12.8. The van der Waals surface area contributed by atoms with Crippen molar-refractivity contribution in [1.29, 1.82) is 0 Å². The minimum absolute atomic E-state index is 0.0726. The lowest BCUT2D eigenvalue weighted by molar-refractivity contribution is -0.134. The van der Waals surface area contributed by atoms with Gasteiger partial charge in [0.15, 0.2) is 17.3 Å². The molecule has 2 aromatic rings. The summed E-state index contributed by atoms with van der Waals surface area (Å²) in [6.07, 6.45) is 5.09. The monoisotopic (exact) mass is 502 g/mol. The number of allylic oxidation sites excluding steroid dienone is 1. The SMILES string of the molecule is COc1cc2c(cc1OCCc1ccccc1)OC(C(C)C)C1=C2C(C2CC2)CCC(=O)/C(C(=O)O)=C\1. The van der Waals surface area contributed by atoms with Gasteiger partial charge in [-0.25, -0.2) is 4.79 Å². The lowest BCUT2D eigenvalue weighted by Crippen LogP contribution is -2.33. The maximum Gasteiger partial charge on any atom is 0.339 e. The van der Waals surface area contributed by atoms with E-state index >= 15 is 0 Å². The predicted octanol–water partition coefficient (Wildman–Crippen LogP) is 5.89. The summed E-state index contributed by atoms with van der Waals surface area (Å²) < 4.78 is 18.4. The van der Waals surface area contributed by atoms with Gasteiger partial charge in [0.25, 0.3) is 0 Å². The van der Waals surface area contributed by atoms with Crippen molar-refractivity contribution in [3.8, 4) is 17.2 Å². The molecule has 0 spiro atoms. The van der Waals surface area contributed by atoms with Crippen molar-refractivity contribution in [1.82, 2.24) is 0 Å². The third-order valence-corrected chi connectivity index (χ3v) is 7.60. The van der Waals surface area contributed by atoms with Gasteiger partial charge in [-0.05, 0) is 65.9 Å². The van der Waals surface area contributed by atoms with Crippen molar-refractivity contribution in [2.45, 2.75) is 52.1 Å². The molecule has 0 bridgehead atoms. The topological polar surface area (TPSA) is 82.1 Å². The average molecular weight is 503 g/mol. The van der Waals surface area contributed by atoms with Gasteiger partial charge in [-0.2, -0.15) is 0 Å². The van der Waals surface area contributed by atoms with Crippen LogP contribution in [0.15, 0.2) is 59.7 Å². The largest absolute Gasteiger partial charge is 0.493 e. The van der Waals surface area contributed by atoms with E-state index in [2.05, 4.69) is 26.0 Å². The molecular formula is C31H34O6. The molecule has 2 aromatic carbocycles. The van der Waals surface area contributed by atoms with Crippen LogP contribution in [0.5, 0.6) is 17.2 Å². The number of ether oxygens (including phenoxy) is 3. The standard InChI is InChI=1S/C31H34O6/c1-18(2)30-24-15-22(31(33)34)25(32)12-11-21(20-9-10-20)29(24)23-16-27(35-3)28(17-26(23)37-30)36-14-13-19-7-5-4-6-8-19/h4-8,15-18,20-21,30H,9-14H2,1-3H3,(H,33,34)/b22-15+. The first-order valence-electron chi connectivity index (χ1n) is 13.2. The number of Topliss-reactive ketones (excluding diaryl/α,β-unsaturated/α-hetero) is 1. The highest BCUT2D eigenvalue weighted by molar-refractivity contribution is 6.17. The van der Waals surface area contributed by atoms with Gasteiger partial charge in [-0.1, -0.05) is 44.2 Å². The Kier molecular flexibility index (Phi) is 7.09. The van der Waals surface area contributed by atoms with Crippen molar-refractivity contribution >= 4 is 17.3 Å². The first-order valence-corrected chi connectivity index (χ1v) is 13.2. The number of rotatable bonds is 8. The fourth-order valence-electron chi connectivity index (χ4n) is 5.58. The smallest absolute Gasteiger partial charge is 0.339 e. The molecule has 3 aliphatic rings. The minimum atomic E-state index is -1.19. The summed E-state index contributed by atoms with van der Waals surface area (Å²) in [5, 5.41) is 9.82. The van der Waals surface area contributed by atoms with Crippen molar-refractivity contribution < 1.29 is 28.9 Å². The quantitative estimate of drug-likeness (QED) is 0.454. The van der Waals surface area contributed by atoms with Crippen LogP contribution >= 0.6 is 0 Å². The molecular weight excluding hydrogens is 468 g/mol. The number of hydrogen-bond donors (Lipinski definition) is 1. The van der Waals surface area contributed by atoms with Gasteiger partial charge in [0.2, 0.25) is 0 Å². The normalized spacial score (nSPS) is 22.7. The van der Waals surface area contributed by atoms with E-state index in [1.807, 2.05) is 30.3 Å². The number of aliphatic carboxylic acids is 1. The molecule has 0 radical (unpaired) electrons. The number of carbonyl (C=O) groups is 2. The second-order valence-corrected chi connectivity index (χ2v) is 10.5. The first-order chi connectivity index (χ1) is 17.9. The van der Waals surface area contributed by atoms with Crippen molar-refractivity contribution in [2.75, 3.05) is 13.7 Å². The fraction of sp³-hybridized carbons (Fsp3) is 0.419. The van der Waals surface area contributed by atoms with E-state index in [0.29, 0.717) is 30.4 Å². The Bertz CT molecular complexity index is 1250. The molecule has 1 fully saturated rings. The molecule has 2 atom stereocenters. The summed E-state index contributed by atoms with van der Waals surface area (Å²) >= 11 is 0. The summed E-state index contributed by atoms with van der Waals surface area (Å²) in [5.41, 5.74) is 3.86. The molecule has 2 unspecified atom stereocenters. The van der Waals surface area contributed by atoms with Crippen LogP contribution in [0, 0.1) is 17.8 Å². The third-order valence-electron chi connectivity index (χ3n) is 7.60. The van der Waals surface area contributed by atoms with Crippen molar-refractivity contribution in [2.24, 2.45) is 17.8 Å². The molecule has 0 saturated heterocycles. The molecule has 0 aromatic heterocycles. The van der Waals surface area contributed by atoms with Gasteiger partial charge in [0.05, 0.1) is 13.7 Å². The lowest BCUT2D eigenvalue weighted by Gasteiger charge is -2.37. The maximum absolute atomic E-state index is 12.8. The summed E-state index contributed by atoms with van der Waals surface area (Å²) in [4.78, 5) is 24.8. The van der Waals surface area contributed by atoms with Gasteiger partial charge in [-0.3, -0.25) is 4.79 Å². The number of carboxylic acid groups (broad SMARTS) is 1. The van der Waals surface area contributed by atoms with Crippen LogP contribution in [0.2, 0.25) is 0 Å². The number of carboxylic acids is 1. The highest BCUT2D eigenvalue weighted by Gasteiger charge is 2.42. The molecule has 1 saturated carbocycles. The van der Waals surface area contributed by atoms with Gasteiger partial charge in [0.1, 0.15) is 17.4 Å². The Morgan fingerprint density at radius 3 is 2.51 bits per heavy atom. The van der Waals surface area contributed by atoms with E-state index in [4.69, 9.17) is 14.2 Å². The van der Waals surface area contributed by atoms with E-state index in [1.165, 1.54) is 5.56 Å². The molecule has 37 heavy (non-hydrogen) atoms. The molecule has 2 aliphatic carbocycles. The second kappa shape index (κ2) is 10.4. The highest BCUT2D eigenvalue weighted by atomic mass is 16.5. The number of carbonyl (C=O) groups excluding carboxylic acids is 1. The zero-order valence-corrected chi connectivity index (χ0v) is 21.7. The number of ketones is 1. The van der Waals surface area contributed by atoms with E-state index in [-0.39, 0.29) is 35.7 Å². The first kappa shape index (κ1) is 25.1. The molecule has 0 amide bonds. The fourth-order valence-corrected chi connectivity index (χ4v) is 5.58. The molecule has 6 heteroatoms. The van der Waals surface area contributed by atoms with E-state index < -0.39 is 5.97 Å². The van der Waals surface area contributed by atoms with Crippen LogP contribution in [-0.4, -0.2) is 36.7 Å². The molecule has 194 valence electrons. The van der Waals surface area contributed by atoms with Crippen molar-refractivity contribution in [3.63, 3.8) is 0 Å². The number of benzene rings is 2. The Labute approximate surface area is 217 Å². The summed E-state index contributed by atoms with van der Waals surface area (Å²) in [5.74, 6) is 1.19. The molecule has 1 heterocycles. The van der Waals surface area contributed by atoms with Crippen LogP contribution in [0.25, 0.3) is 5.57 Å². The Hall–Kier alpha value is -3.54. The summed E-state index contributed by atoms with van der Waals surface area (Å²) in [6, 6.07) is 14.1. The molecule has 1 aliphatic heterocycles. The zero-order valence-electron chi connectivity index (χ0n) is 21.7. The lowest BCUT2D eigenvalue weighted by atomic mass is 9.75. The Balaban J connectivity index is 1.59. The number of fused-ring (bicyclic) bond motifs is 2. The van der Waals surface area contributed by atoms with Crippen LogP contribution in [-0.2, 0) is 16.0 Å². The average Bonchev–Trinajstić information content (AvgIpc) is 3.71. The third kappa shape index (κ3) is 5.15. The highest BCUT2D eigenvalue weighted by Crippen LogP contribution is 2.54. The van der Waals surface area contributed by atoms with Crippen LogP contribution < -0.4 is 14.2 Å². The van der Waals surface area contributed by atoms with Gasteiger partial charge in [-0.15, -0.1) is 0 Å². The Morgan fingerprint density at radius 1 is 1.11 bits per heavy atom. The molecule has 5 rings (SSSR count). The Morgan fingerprint density at radius 2 is 1.86 bits per heavy atom. The van der Waals surface area contributed by atoms with Crippen LogP contribution in [0.1, 0.15) is 50.7 Å². The molecule has 6 nitrogen and oxygen atoms in total. The van der Waals surface area contributed by atoms with Crippen LogP contribution in [0.3, 0.4) is 0 Å². The van der Waals surface area contributed by atoms with Gasteiger partial charge in [0, 0.05) is 24.5 Å². The van der Waals surface area contributed by atoms with Gasteiger partial charge < -0.3 is 19.3 Å². The van der Waals surface area contributed by atoms with Crippen molar-refractivity contribution in [3.05, 3.63) is 70.8 Å². The van der Waals surface area contributed by atoms with E-state index in [0.717, 1.165) is 41.7 Å². The van der Waals surface area contributed by atoms with Crippen LogP contribution in [0.4, 0.5) is 0 Å². The zero-order chi connectivity index (χ0) is 26.1. The van der Waals surface area contributed by atoms with E-state index in [1.54, 1.807) is 13.2 Å². The second-order valence-electron chi connectivity index (χ2n) is 10.5. The minimum Gasteiger partial charge on any atom is -0.493 e. The summed E-state index contributed by atoms with van der Waals surface area (Å²) in [7, 11) is 1.62. The number of hydrogen-bond acceptors (Lipinski definition) is 5. The number of methoxy groups -OCH3 is 1. The predicted molar refractivity (Wildman–Crippen MR) is 141 cm³/mol.